The van der Waals surface area contributed by atoms with E-state index in [2.05, 4.69) is 23.6 Å². The van der Waals surface area contributed by atoms with E-state index in [1.807, 2.05) is 0 Å². The van der Waals surface area contributed by atoms with Gasteiger partial charge in [0.15, 0.2) is 0 Å². The molecule has 4 nitrogen and oxygen atoms in total. The van der Waals surface area contributed by atoms with Crippen LogP contribution in [0.4, 0.5) is 0 Å². The summed E-state index contributed by atoms with van der Waals surface area (Å²) in [7, 11) is 0. The average molecular weight is 254 g/mol. The number of piperidine rings is 2. The Morgan fingerprint density at radius 1 is 1.11 bits per heavy atom. The maximum atomic E-state index is 11.3. The third kappa shape index (κ3) is 3.04. The van der Waals surface area contributed by atoms with Gasteiger partial charge < -0.3 is 10.0 Å². The number of carboxylic acids is 1. The monoisotopic (exact) mass is 254 g/mol. The lowest BCUT2D eigenvalue weighted by molar-refractivity contribution is -0.146. The van der Waals surface area contributed by atoms with Crippen LogP contribution in [0, 0.1) is 0 Å². The van der Waals surface area contributed by atoms with Gasteiger partial charge in [-0.2, -0.15) is 0 Å². The van der Waals surface area contributed by atoms with Crippen molar-refractivity contribution in [1.29, 1.82) is 0 Å². The second-order valence-corrected chi connectivity index (χ2v) is 5.95. The summed E-state index contributed by atoms with van der Waals surface area (Å²) in [6.07, 6.45) is 5.32. The summed E-state index contributed by atoms with van der Waals surface area (Å²) in [4.78, 5) is 16.1. The first-order valence-electron chi connectivity index (χ1n) is 7.32. The van der Waals surface area contributed by atoms with Crippen molar-refractivity contribution in [3.05, 3.63) is 0 Å². The van der Waals surface area contributed by atoms with Crippen LogP contribution >= 0.6 is 0 Å². The van der Waals surface area contributed by atoms with Crippen molar-refractivity contribution < 1.29 is 9.90 Å². The Kier molecular flexibility index (Phi) is 4.62. The molecule has 18 heavy (non-hydrogen) atoms. The van der Waals surface area contributed by atoms with Crippen molar-refractivity contribution in [3.8, 4) is 0 Å². The Morgan fingerprint density at radius 2 is 1.78 bits per heavy atom. The van der Waals surface area contributed by atoms with E-state index in [1.54, 1.807) is 0 Å². The molecular weight excluding hydrogens is 228 g/mol. The largest absolute Gasteiger partial charge is 0.480 e. The van der Waals surface area contributed by atoms with Gasteiger partial charge in [0.2, 0.25) is 0 Å². The van der Waals surface area contributed by atoms with Gasteiger partial charge in [-0.05, 0) is 59.2 Å². The molecule has 2 aliphatic rings. The second-order valence-electron chi connectivity index (χ2n) is 5.95. The van der Waals surface area contributed by atoms with E-state index < -0.39 is 5.97 Å². The van der Waals surface area contributed by atoms with Gasteiger partial charge in [-0.25, -0.2) is 0 Å². The van der Waals surface area contributed by atoms with Crippen LogP contribution in [0.2, 0.25) is 0 Å². The zero-order valence-electron chi connectivity index (χ0n) is 11.6. The van der Waals surface area contributed by atoms with Gasteiger partial charge in [0, 0.05) is 12.1 Å². The van der Waals surface area contributed by atoms with Crippen molar-refractivity contribution in [2.45, 2.75) is 64.1 Å². The Morgan fingerprint density at radius 3 is 2.33 bits per heavy atom. The molecule has 2 heterocycles. The van der Waals surface area contributed by atoms with Crippen molar-refractivity contribution in [3.63, 3.8) is 0 Å². The number of hydrogen-bond acceptors (Lipinski definition) is 3. The summed E-state index contributed by atoms with van der Waals surface area (Å²) in [5, 5.41) is 9.33. The number of carbonyl (C=O) groups is 1. The molecule has 0 unspecified atom stereocenters. The molecule has 1 N–H and O–H groups in total. The lowest BCUT2D eigenvalue weighted by atomic mass is 9.94. The highest BCUT2D eigenvalue weighted by Crippen LogP contribution is 2.26. The van der Waals surface area contributed by atoms with E-state index in [-0.39, 0.29) is 6.04 Å². The predicted molar refractivity (Wildman–Crippen MR) is 71.7 cm³/mol. The van der Waals surface area contributed by atoms with Crippen LogP contribution in [-0.4, -0.2) is 58.6 Å². The molecule has 0 bridgehead atoms. The topological polar surface area (TPSA) is 43.8 Å². The quantitative estimate of drug-likeness (QED) is 0.834. The molecule has 2 saturated heterocycles. The molecule has 104 valence electrons. The highest BCUT2D eigenvalue weighted by atomic mass is 16.4. The summed E-state index contributed by atoms with van der Waals surface area (Å²) < 4.78 is 0. The number of carboxylic acid groups (broad SMARTS) is 1. The number of likely N-dealkylation sites (tertiary alicyclic amines) is 2. The minimum Gasteiger partial charge on any atom is -0.480 e. The predicted octanol–water partition coefficient (Wildman–Crippen LogP) is 1.80. The summed E-state index contributed by atoms with van der Waals surface area (Å²) in [6, 6.07) is 0.873. The number of nitrogens with zero attached hydrogens (tertiary/aromatic N) is 2. The maximum Gasteiger partial charge on any atom is 0.320 e. The number of aliphatic carboxylic acids is 1. The van der Waals surface area contributed by atoms with Gasteiger partial charge in [-0.1, -0.05) is 6.42 Å². The molecule has 0 radical (unpaired) electrons. The Labute approximate surface area is 110 Å². The highest BCUT2D eigenvalue weighted by molar-refractivity contribution is 5.73. The van der Waals surface area contributed by atoms with Crippen LogP contribution in [0.25, 0.3) is 0 Å². The van der Waals surface area contributed by atoms with Crippen LogP contribution in [0.3, 0.4) is 0 Å². The SMILES string of the molecule is CC(C)N1CCC(N2CCCC[C@@H]2C(=O)O)CC1. The smallest absolute Gasteiger partial charge is 0.320 e. The summed E-state index contributed by atoms with van der Waals surface area (Å²) in [5.41, 5.74) is 0. The Bertz CT molecular complexity index is 286. The molecule has 2 rings (SSSR count). The first-order chi connectivity index (χ1) is 8.59. The summed E-state index contributed by atoms with van der Waals surface area (Å²) >= 11 is 0. The minimum atomic E-state index is -0.624. The Hall–Kier alpha value is -0.610. The van der Waals surface area contributed by atoms with Gasteiger partial charge in [0.05, 0.1) is 0 Å². The lowest BCUT2D eigenvalue weighted by Gasteiger charge is -2.44. The first kappa shape index (κ1) is 13.8. The van der Waals surface area contributed by atoms with E-state index in [0.717, 1.165) is 51.7 Å². The van der Waals surface area contributed by atoms with Crippen LogP contribution in [-0.2, 0) is 4.79 Å². The fourth-order valence-electron chi connectivity index (χ4n) is 3.39. The fourth-order valence-corrected chi connectivity index (χ4v) is 3.39. The molecule has 2 fully saturated rings. The van der Waals surface area contributed by atoms with Crippen molar-refractivity contribution in [2.24, 2.45) is 0 Å². The second kappa shape index (κ2) is 6.02. The van der Waals surface area contributed by atoms with Crippen molar-refractivity contribution >= 4 is 5.97 Å². The molecule has 4 heteroatoms. The Balaban J connectivity index is 1.93. The highest BCUT2D eigenvalue weighted by Gasteiger charge is 2.35. The zero-order valence-corrected chi connectivity index (χ0v) is 11.6. The first-order valence-corrected chi connectivity index (χ1v) is 7.32. The molecular formula is C14H26N2O2. The molecule has 0 saturated carbocycles. The van der Waals surface area contributed by atoms with E-state index >= 15 is 0 Å². The van der Waals surface area contributed by atoms with Gasteiger partial charge >= 0.3 is 5.97 Å². The van der Waals surface area contributed by atoms with Crippen molar-refractivity contribution in [2.75, 3.05) is 19.6 Å². The molecule has 0 aromatic heterocycles. The number of hydrogen-bond donors (Lipinski definition) is 1. The van der Waals surface area contributed by atoms with Crippen LogP contribution in [0.1, 0.15) is 46.0 Å². The van der Waals surface area contributed by atoms with Gasteiger partial charge in [-0.15, -0.1) is 0 Å². The molecule has 0 aromatic carbocycles. The van der Waals surface area contributed by atoms with Gasteiger partial charge in [-0.3, -0.25) is 9.69 Å². The standard InChI is InChI=1S/C14H26N2O2/c1-11(2)15-9-6-12(7-10-15)16-8-4-3-5-13(16)14(17)18/h11-13H,3-10H2,1-2H3,(H,17,18)/t13-/m1/s1. The molecule has 1 atom stereocenters. The van der Waals surface area contributed by atoms with Crippen LogP contribution in [0.5, 0.6) is 0 Å². The summed E-state index contributed by atoms with van der Waals surface area (Å²) in [6.45, 7) is 7.68. The van der Waals surface area contributed by atoms with Gasteiger partial charge in [0.25, 0.3) is 0 Å². The third-order valence-electron chi connectivity index (χ3n) is 4.53. The zero-order chi connectivity index (χ0) is 13.1. The number of rotatable bonds is 3. The molecule has 0 amide bonds. The molecule has 0 spiro atoms. The molecule has 0 aromatic rings. The van der Waals surface area contributed by atoms with Crippen molar-refractivity contribution in [1.82, 2.24) is 9.80 Å². The lowest BCUT2D eigenvalue weighted by Crippen LogP contribution is -2.54. The third-order valence-corrected chi connectivity index (χ3v) is 4.53. The van der Waals surface area contributed by atoms with E-state index in [4.69, 9.17) is 0 Å². The van der Waals surface area contributed by atoms with E-state index in [9.17, 15) is 9.90 Å². The van der Waals surface area contributed by atoms with E-state index in [1.165, 1.54) is 0 Å². The molecule has 2 aliphatic heterocycles. The fraction of sp³-hybridized carbons (Fsp3) is 0.929. The van der Waals surface area contributed by atoms with Crippen LogP contribution in [0.15, 0.2) is 0 Å². The normalized spacial score (nSPS) is 28.7. The van der Waals surface area contributed by atoms with E-state index in [0.29, 0.717) is 12.1 Å². The minimum absolute atomic E-state index is 0.227. The van der Waals surface area contributed by atoms with Crippen LogP contribution < -0.4 is 0 Å². The van der Waals surface area contributed by atoms with Gasteiger partial charge in [0.1, 0.15) is 6.04 Å². The summed E-state index contributed by atoms with van der Waals surface area (Å²) in [5.74, 6) is -0.624. The average Bonchev–Trinajstić information content (AvgIpc) is 2.39. The molecule has 0 aliphatic carbocycles. The maximum absolute atomic E-state index is 11.3.